The number of hydrogen-bond acceptors (Lipinski definition) is 4. The zero-order valence-corrected chi connectivity index (χ0v) is 15.4. The quantitative estimate of drug-likeness (QED) is 0.850. The number of ether oxygens (including phenoxy) is 1. The molecule has 0 radical (unpaired) electrons. The van der Waals surface area contributed by atoms with Crippen LogP contribution in [-0.2, 0) is 13.0 Å². The lowest BCUT2D eigenvalue weighted by molar-refractivity contribution is 0.0703. The second-order valence-electron chi connectivity index (χ2n) is 7.26. The van der Waals surface area contributed by atoms with E-state index in [2.05, 4.69) is 14.8 Å². The van der Waals surface area contributed by atoms with Gasteiger partial charge in [0.2, 0.25) is 0 Å². The summed E-state index contributed by atoms with van der Waals surface area (Å²) in [4.78, 5) is 14.9. The van der Waals surface area contributed by atoms with Gasteiger partial charge < -0.3 is 14.2 Å². The first kappa shape index (κ1) is 17.1. The SMILES string of the molecule is COc1ccc(C(=O)N2CCCC(c3nnc4n3CCCCC4)C2)cc1. The minimum Gasteiger partial charge on any atom is -0.497 e. The minimum absolute atomic E-state index is 0.0907. The monoisotopic (exact) mass is 354 g/mol. The van der Waals surface area contributed by atoms with Gasteiger partial charge in [0.15, 0.2) is 0 Å². The van der Waals surface area contributed by atoms with E-state index in [1.165, 1.54) is 19.3 Å². The molecule has 1 fully saturated rings. The molecular weight excluding hydrogens is 328 g/mol. The number of likely N-dealkylation sites (tertiary alicyclic amines) is 1. The first-order valence-corrected chi connectivity index (χ1v) is 9.61. The Morgan fingerprint density at radius 3 is 2.73 bits per heavy atom. The zero-order valence-electron chi connectivity index (χ0n) is 15.4. The van der Waals surface area contributed by atoms with Gasteiger partial charge in [-0.15, -0.1) is 10.2 Å². The normalized spacial score (nSPS) is 20.3. The molecule has 2 aliphatic rings. The number of amides is 1. The Labute approximate surface area is 154 Å². The van der Waals surface area contributed by atoms with Crippen LogP contribution in [0.2, 0.25) is 0 Å². The van der Waals surface area contributed by atoms with Crippen LogP contribution in [0.15, 0.2) is 24.3 Å². The van der Waals surface area contributed by atoms with E-state index in [0.717, 1.165) is 56.3 Å². The second-order valence-corrected chi connectivity index (χ2v) is 7.26. The maximum Gasteiger partial charge on any atom is 0.253 e. The molecule has 0 bridgehead atoms. The molecule has 4 rings (SSSR count). The Bertz CT molecular complexity index is 769. The largest absolute Gasteiger partial charge is 0.497 e. The van der Waals surface area contributed by atoms with Crippen molar-refractivity contribution >= 4 is 5.91 Å². The Balaban J connectivity index is 1.50. The first-order chi connectivity index (χ1) is 12.8. The van der Waals surface area contributed by atoms with Crippen molar-refractivity contribution in [2.45, 2.75) is 51.0 Å². The predicted octanol–water partition coefficient (Wildman–Crippen LogP) is 3.03. The van der Waals surface area contributed by atoms with Crippen LogP contribution in [0.5, 0.6) is 5.75 Å². The van der Waals surface area contributed by atoms with Gasteiger partial charge in [0.05, 0.1) is 7.11 Å². The molecule has 1 aromatic heterocycles. The highest BCUT2D eigenvalue weighted by Gasteiger charge is 2.29. The maximum atomic E-state index is 12.9. The van der Waals surface area contributed by atoms with Crippen LogP contribution in [0, 0.1) is 0 Å². The van der Waals surface area contributed by atoms with Crippen LogP contribution in [0.1, 0.15) is 60.0 Å². The fourth-order valence-corrected chi connectivity index (χ4v) is 4.10. The lowest BCUT2D eigenvalue weighted by atomic mass is 9.96. The minimum atomic E-state index is 0.0907. The van der Waals surface area contributed by atoms with Crippen molar-refractivity contribution in [3.8, 4) is 5.75 Å². The van der Waals surface area contributed by atoms with Crippen LogP contribution >= 0.6 is 0 Å². The van der Waals surface area contributed by atoms with Crippen molar-refractivity contribution in [3.63, 3.8) is 0 Å². The van der Waals surface area contributed by atoms with Crippen LogP contribution in [0.25, 0.3) is 0 Å². The average Bonchev–Trinajstić information content (AvgIpc) is 2.96. The molecule has 0 spiro atoms. The number of benzene rings is 1. The lowest BCUT2D eigenvalue weighted by Crippen LogP contribution is -2.39. The summed E-state index contributed by atoms with van der Waals surface area (Å²) in [6, 6.07) is 7.36. The summed E-state index contributed by atoms with van der Waals surface area (Å²) in [5, 5.41) is 8.95. The van der Waals surface area contributed by atoms with Gasteiger partial charge in [-0.05, 0) is 49.9 Å². The molecule has 1 amide bonds. The number of fused-ring (bicyclic) bond motifs is 1. The summed E-state index contributed by atoms with van der Waals surface area (Å²) in [7, 11) is 1.63. The molecule has 6 nitrogen and oxygen atoms in total. The third kappa shape index (κ3) is 3.32. The number of aryl methyl sites for hydroxylation is 1. The van der Waals surface area contributed by atoms with Crippen LogP contribution in [0.4, 0.5) is 0 Å². The molecule has 0 saturated carbocycles. The zero-order chi connectivity index (χ0) is 17.9. The van der Waals surface area contributed by atoms with Gasteiger partial charge >= 0.3 is 0 Å². The van der Waals surface area contributed by atoms with Gasteiger partial charge in [-0.25, -0.2) is 0 Å². The van der Waals surface area contributed by atoms with Gasteiger partial charge in [0, 0.05) is 37.5 Å². The van der Waals surface area contributed by atoms with E-state index >= 15 is 0 Å². The van der Waals surface area contributed by atoms with Crippen LogP contribution in [0.3, 0.4) is 0 Å². The molecule has 1 aromatic carbocycles. The van der Waals surface area contributed by atoms with Crippen molar-refractivity contribution in [1.82, 2.24) is 19.7 Å². The molecule has 1 atom stereocenters. The van der Waals surface area contributed by atoms with E-state index in [4.69, 9.17) is 4.74 Å². The van der Waals surface area contributed by atoms with Gasteiger partial charge in [-0.3, -0.25) is 4.79 Å². The summed E-state index contributed by atoms with van der Waals surface area (Å²) in [6.45, 7) is 2.55. The third-order valence-electron chi connectivity index (χ3n) is 5.55. The third-order valence-corrected chi connectivity index (χ3v) is 5.55. The van der Waals surface area contributed by atoms with Crippen molar-refractivity contribution in [2.24, 2.45) is 0 Å². The summed E-state index contributed by atoms with van der Waals surface area (Å²) in [6.07, 6.45) is 6.76. The molecule has 1 saturated heterocycles. The summed E-state index contributed by atoms with van der Waals surface area (Å²) in [5.74, 6) is 3.34. The van der Waals surface area contributed by atoms with E-state index < -0.39 is 0 Å². The number of hydrogen-bond donors (Lipinski definition) is 0. The molecule has 3 heterocycles. The molecule has 26 heavy (non-hydrogen) atoms. The molecule has 0 N–H and O–H groups in total. The van der Waals surface area contributed by atoms with Crippen molar-refractivity contribution in [1.29, 1.82) is 0 Å². The molecular formula is C20H26N4O2. The molecule has 138 valence electrons. The highest BCUT2D eigenvalue weighted by Crippen LogP contribution is 2.29. The second kappa shape index (κ2) is 7.48. The Hall–Kier alpha value is -2.37. The van der Waals surface area contributed by atoms with E-state index in [0.29, 0.717) is 5.56 Å². The van der Waals surface area contributed by atoms with E-state index in [1.54, 1.807) is 7.11 Å². The Kier molecular flexibility index (Phi) is 4.91. The number of nitrogens with zero attached hydrogens (tertiary/aromatic N) is 4. The molecule has 2 aliphatic heterocycles. The highest BCUT2D eigenvalue weighted by molar-refractivity contribution is 5.94. The topological polar surface area (TPSA) is 60.2 Å². The van der Waals surface area contributed by atoms with Crippen LogP contribution in [-0.4, -0.2) is 45.8 Å². The van der Waals surface area contributed by atoms with Gasteiger partial charge in [0.1, 0.15) is 17.4 Å². The number of methoxy groups -OCH3 is 1. The van der Waals surface area contributed by atoms with Gasteiger partial charge in [0.25, 0.3) is 5.91 Å². The Morgan fingerprint density at radius 2 is 1.92 bits per heavy atom. The average molecular weight is 354 g/mol. The number of aromatic nitrogens is 3. The van der Waals surface area contributed by atoms with Crippen LogP contribution < -0.4 is 4.74 Å². The van der Waals surface area contributed by atoms with Gasteiger partial charge in [-0.2, -0.15) is 0 Å². The molecule has 0 aliphatic carbocycles. The predicted molar refractivity (Wildman–Crippen MR) is 98.4 cm³/mol. The van der Waals surface area contributed by atoms with E-state index in [-0.39, 0.29) is 11.8 Å². The van der Waals surface area contributed by atoms with E-state index in [9.17, 15) is 4.79 Å². The summed E-state index contributed by atoms with van der Waals surface area (Å²) >= 11 is 0. The lowest BCUT2D eigenvalue weighted by Gasteiger charge is -2.32. The number of carbonyl (C=O) groups excluding carboxylic acids is 1. The fourth-order valence-electron chi connectivity index (χ4n) is 4.10. The number of piperidine rings is 1. The van der Waals surface area contributed by atoms with Crippen molar-refractivity contribution < 1.29 is 9.53 Å². The summed E-state index contributed by atoms with van der Waals surface area (Å²) in [5.41, 5.74) is 0.714. The van der Waals surface area contributed by atoms with Crippen molar-refractivity contribution in [2.75, 3.05) is 20.2 Å². The number of carbonyl (C=O) groups is 1. The van der Waals surface area contributed by atoms with Gasteiger partial charge in [-0.1, -0.05) is 6.42 Å². The fraction of sp³-hybridized carbons (Fsp3) is 0.550. The standard InChI is InChI=1S/C20H26N4O2/c1-26-17-10-8-15(9-11-17)20(25)23-12-5-6-16(14-23)19-22-21-18-7-3-2-4-13-24(18)19/h8-11,16H,2-7,12-14H2,1H3. The molecule has 6 heteroatoms. The first-order valence-electron chi connectivity index (χ1n) is 9.61. The maximum absolute atomic E-state index is 12.9. The molecule has 2 aromatic rings. The Morgan fingerprint density at radius 1 is 1.08 bits per heavy atom. The van der Waals surface area contributed by atoms with E-state index in [1.807, 2.05) is 29.2 Å². The molecule has 1 unspecified atom stereocenters. The summed E-state index contributed by atoms with van der Waals surface area (Å²) < 4.78 is 7.50. The smallest absolute Gasteiger partial charge is 0.253 e. The van der Waals surface area contributed by atoms with Crippen molar-refractivity contribution in [3.05, 3.63) is 41.5 Å². The number of rotatable bonds is 3. The highest BCUT2D eigenvalue weighted by atomic mass is 16.5.